The molecule has 152 valence electrons. The lowest BCUT2D eigenvalue weighted by molar-refractivity contribution is 0.115. The average Bonchev–Trinajstić information content (AvgIpc) is 3.12. The number of benzene rings is 2. The summed E-state index contributed by atoms with van der Waals surface area (Å²) in [4.78, 5) is 18.8. The van der Waals surface area contributed by atoms with Crippen molar-refractivity contribution in [1.29, 1.82) is 0 Å². The van der Waals surface area contributed by atoms with E-state index in [2.05, 4.69) is 10.3 Å². The molecular formula is C20H19Cl2N3O3S. The van der Waals surface area contributed by atoms with Gasteiger partial charge in [-0.15, -0.1) is 0 Å². The maximum absolute atomic E-state index is 12.5. The number of piperidine rings is 1. The van der Waals surface area contributed by atoms with Crippen molar-refractivity contribution in [3.8, 4) is 10.9 Å². The molecule has 3 aromatic rings. The summed E-state index contributed by atoms with van der Waals surface area (Å²) < 4.78 is 12.4. The zero-order valence-electron chi connectivity index (χ0n) is 15.7. The number of carbonyl (C=O) groups is 1. The highest BCUT2D eigenvalue weighted by atomic mass is 35.5. The summed E-state index contributed by atoms with van der Waals surface area (Å²) in [7, 11) is 1.64. The number of anilines is 1. The molecule has 0 saturated carbocycles. The third-order valence-electron chi connectivity index (χ3n) is 4.74. The third kappa shape index (κ3) is 4.69. The predicted molar refractivity (Wildman–Crippen MR) is 117 cm³/mol. The normalized spacial score (nSPS) is 14.8. The van der Waals surface area contributed by atoms with Gasteiger partial charge in [0.2, 0.25) is 0 Å². The second kappa shape index (κ2) is 8.65. The number of ether oxygens (including phenoxy) is 2. The van der Waals surface area contributed by atoms with Gasteiger partial charge in [0.25, 0.3) is 5.19 Å². The summed E-state index contributed by atoms with van der Waals surface area (Å²) >= 11 is 13.4. The number of fused-ring (bicyclic) bond motifs is 1. The molecule has 0 bridgehead atoms. The highest BCUT2D eigenvalue weighted by Gasteiger charge is 2.25. The first-order valence-electron chi connectivity index (χ1n) is 9.14. The molecule has 6 nitrogen and oxygen atoms in total. The van der Waals surface area contributed by atoms with Gasteiger partial charge >= 0.3 is 6.03 Å². The third-order valence-corrected chi connectivity index (χ3v) is 6.41. The van der Waals surface area contributed by atoms with Gasteiger partial charge in [0.05, 0.1) is 27.4 Å². The van der Waals surface area contributed by atoms with Crippen molar-refractivity contribution < 1.29 is 14.3 Å². The van der Waals surface area contributed by atoms with Crippen molar-refractivity contribution >= 4 is 56.5 Å². The lowest BCUT2D eigenvalue weighted by atomic mass is 10.1. The summed E-state index contributed by atoms with van der Waals surface area (Å²) in [5, 5.41) is 4.36. The molecular weight excluding hydrogens is 433 g/mol. The van der Waals surface area contributed by atoms with Crippen LogP contribution in [0.15, 0.2) is 36.4 Å². The number of carbonyl (C=O) groups excluding carboxylic acids is 1. The predicted octanol–water partition coefficient (Wildman–Crippen LogP) is 5.69. The van der Waals surface area contributed by atoms with Crippen LogP contribution in [0.4, 0.5) is 10.5 Å². The number of hydrogen-bond acceptors (Lipinski definition) is 5. The summed E-state index contributed by atoms with van der Waals surface area (Å²) in [5.41, 5.74) is 1.48. The van der Waals surface area contributed by atoms with Crippen LogP contribution in [0.1, 0.15) is 12.8 Å². The van der Waals surface area contributed by atoms with Gasteiger partial charge in [-0.2, -0.15) is 0 Å². The number of methoxy groups -OCH3 is 1. The van der Waals surface area contributed by atoms with Crippen LogP contribution in [0.5, 0.6) is 10.9 Å². The highest BCUT2D eigenvalue weighted by Crippen LogP contribution is 2.32. The standard InChI is InChI=1S/C20H19Cl2N3O3S/c1-27-14-3-5-18-17(11-14)24-20(29-18)28-13-6-8-25(9-7-13)19(26)23-12-2-4-15(21)16(22)10-12/h2-5,10-11,13H,6-9H2,1H3,(H,23,26). The fraction of sp³-hybridized carbons (Fsp3) is 0.300. The first-order valence-corrected chi connectivity index (χ1v) is 10.7. The van der Waals surface area contributed by atoms with Crippen LogP contribution >= 0.6 is 34.5 Å². The fourth-order valence-electron chi connectivity index (χ4n) is 3.16. The lowest BCUT2D eigenvalue weighted by Gasteiger charge is -2.31. The molecule has 0 atom stereocenters. The molecule has 1 saturated heterocycles. The van der Waals surface area contributed by atoms with Crippen molar-refractivity contribution in [3.63, 3.8) is 0 Å². The van der Waals surface area contributed by atoms with E-state index in [4.69, 9.17) is 32.7 Å². The molecule has 0 radical (unpaired) electrons. The summed E-state index contributed by atoms with van der Waals surface area (Å²) in [6.07, 6.45) is 1.52. The van der Waals surface area contributed by atoms with Crippen molar-refractivity contribution in [3.05, 3.63) is 46.4 Å². The average molecular weight is 452 g/mol. The molecule has 2 amide bonds. The van der Waals surface area contributed by atoms with Crippen LogP contribution in [0, 0.1) is 0 Å². The number of nitrogens with zero attached hydrogens (tertiary/aromatic N) is 2. The molecule has 1 N–H and O–H groups in total. The van der Waals surface area contributed by atoms with E-state index < -0.39 is 0 Å². The summed E-state index contributed by atoms with van der Waals surface area (Å²) in [6, 6.07) is 10.7. The number of rotatable bonds is 4. The van der Waals surface area contributed by atoms with Crippen LogP contribution in [0.25, 0.3) is 10.2 Å². The monoisotopic (exact) mass is 451 g/mol. The number of nitrogens with one attached hydrogen (secondary N) is 1. The van der Waals surface area contributed by atoms with E-state index >= 15 is 0 Å². The minimum absolute atomic E-state index is 0.0338. The quantitative estimate of drug-likeness (QED) is 0.553. The molecule has 0 spiro atoms. The molecule has 29 heavy (non-hydrogen) atoms. The Kier molecular flexibility index (Phi) is 5.99. The smallest absolute Gasteiger partial charge is 0.321 e. The Morgan fingerprint density at radius 1 is 1.17 bits per heavy atom. The first-order chi connectivity index (χ1) is 14.0. The molecule has 1 fully saturated rings. The summed E-state index contributed by atoms with van der Waals surface area (Å²) in [6.45, 7) is 1.22. The SMILES string of the molecule is COc1ccc2sc(OC3CCN(C(=O)Nc4ccc(Cl)c(Cl)c4)CC3)nc2c1. The van der Waals surface area contributed by atoms with Crippen LogP contribution < -0.4 is 14.8 Å². The molecule has 0 aliphatic carbocycles. The Balaban J connectivity index is 1.32. The first kappa shape index (κ1) is 20.1. The zero-order valence-corrected chi connectivity index (χ0v) is 18.0. The second-order valence-electron chi connectivity index (χ2n) is 6.68. The van der Waals surface area contributed by atoms with Gasteiger partial charge in [-0.05, 0) is 30.3 Å². The molecule has 2 heterocycles. The van der Waals surface area contributed by atoms with E-state index in [1.165, 1.54) is 11.3 Å². The van der Waals surface area contributed by atoms with Gasteiger partial charge in [-0.25, -0.2) is 9.78 Å². The Bertz CT molecular complexity index is 1030. The van der Waals surface area contributed by atoms with Crippen LogP contribution in [-0.4, -0.2) is 42.2 Å². The molecule has 9 heteroatoms. The Labute approximate surface area is 182 Å². The highest BCUT2D eigenvalue weighted by molar-refractivity contribution is 7.20. The van der Waals surface area contributed by atoms with E-state index in [0.29, 0.717) is 34.0 Å². The number of urea groups is 1. The van der Waals surface area contributed by atoms with Gasteiger partial charge < -0.3 is 19.7 Å². The largest absolute Gasteiger partial charge is 0.497 e. The van der Waals surface area contributed by atoms with E-state index in [1.54, 1.807) is 30.2 Å². The van der Waals surface area contributed by atoms with E-state index in [-0.39, 0.29) is 12.1 Å². The van der Waals surface area contributed by atoms with Crippen molar-refractivity contribution in [1.82, 2.24) is 9.88 Å². The number of hydrogen-bond donors (Lipinski definition) is 1. The number of thiazole rings is 1. The van der Waals surface area contributed by atoms with Crippen molar-refractivity contribution in [2.75, 3.05) is 25.5 Å². The second-order valence-corrected chi connectivity index (χ2v) is 8.48. The summed E-state index contributed by atoms with van der Waals surface area (Å²) in [5.74, 6) is 0.774. The Morgan fingerprint density at radius 3 is 2.69 bits per heavy atom. The van der Waals surface area contributed by atoms with E-state index in [0.717, 1.165) is 28.8 Å². The van der Waals surface area contributed by atoms with Gasteiger partial charge in [0.15, 0.2) is 0 Å². The molecule has 0 unspecified atom stereocenters. The maximum atomic E-state index is 12.5. The molecule has 1 aliphatic rings. The molecule has 1 aliphatic heterocycles. The number of likely N-dealkylation sites (tertiary alicyclic amines) is 1. The van der Waals surface area contributed by atoms with Crippen molar-refractivity contribution in [2.24, 2.45) is 0 Å². The van der Waals surface area contributed by atoms with Crippen molar-refractivity contribution in [2.45, 2.75) is 18.9 Å². The topological polar surface area (TPSA) is 63.7 Å². The van der Waals surface area contributed by atoms with E-state index in [1.807, 2.05) is 18.2 Å². The van der Waals surface area contributed by atoms with Crippen LogP contribution in [-0.2, 0) is 0 Å². The van der Waals surface area contributed by atoms with Gasteiger partial charge in [-0.1, -0.05) is 34.5 Å². The number of aromatic nitrogens is 1. The minimum atomic E-state index is -0.158. The Hall–Kier alpha value is -2.22. The molecule has 2 aromatic carbocycles. The lowest BCUT2D eigenvalue weighted by Crippen LogP contribution is -2.43. The van der Waals surface area contributed by atoms with Crippen LogP contribution in [0.3, 0.4) is 0 Å². The van der Waals surface area contributed by atoms with Gasteiger partial charge in [0, 0.05) is 37.7 Å². The van der Waals surface area contributed by atoms with Gasteiger partial charge in [0.1, 0.15) is 11.9 Å². The number of amides is 2. The maximum Gasteiger partial charge on any atom is 0.321 e. The zero-order chi connectivity index (χ0) is 20.4. The fourth-order valence-corrected chi connectivity index (χ4v) is 4.32. The molecule has 1 aromatic heterocycles. The van der Waals surface area contributed by atoms with E-state index in [9.17, 15) is 4.79 Å². The molecule has 4 rings (SSSR count). The van der Waals surface area contributed by atoms with Gasteiger partial charge in [-0.3, -0.25) is 0 Å². The van der Waals surface area contributed by atoms with Crippen LogP contribution in [0.2, 0.25) is 10.0 Å². The number of halogens is 2. The Morgan fingerprint density at radius 2 is 1.97 bits per heavy atom. The minimum Gasteiger partial charge on any atom is -0.497 e.